The quantitative estimate of drug-likeness (QED) is 0.443. The molecule has 4 rings (SSSR count). The van der Waals surface area contributed by atoms with Crippen molar-refractivity contribution >= 4 is 55.9 Å². The Hall–Kier alpha value is -1.63. The van der Waals surface area contributed by atoms with Gasteiger partial charge in [0.1, 0.15) is 15.8 Å². The van der Waals surface area contributed by atoms with Gasteiger partial charge in [-0.15, -0.1) is 11.3 Å². The maximum absolute atomic E-state index is 6.17. The van der Waals surface area contributed by atoms with Crippen molar-refractivity contribution in [3.8, 4) is 0 Å². The highest BCUT2D eigenvalue weighted by Gasteiger charge is 2.09. The van der Waals surface area contributed by atoms with Crippen LogP contribution in [0.3, 0.4) is 0 Å². The van der Waals surface area contributed by atoms with Gasteiger partial charge in [0.25, 0.3) is 0 Å². The molecule has 0 aliphatic heterocycles. The van der Waals surface area contributed by atoms with Crippen LogP contribution in [0.5, 0.6) is 0 Å². The normalized spacial score (nSPS) is 11.5. The molecule has 0 aliphatic rings. The Morgan fingerprint density at radius 2 is 2.05 bits per heavy atom. The molecular formula is C14H9ClN4S2. The SMILES string of the molecule is Clc1nc(CSc2nc3ccccc3[nH]2)nc2sccc12. The number of fused-ring (bicyclic) bond motifs is 2. The first-order valence-electron chi connectivity index (χ1n) is 6.27. The van der Waals surface area contributed by atoms with Crippen molar-refractivity contribution in [2.75, 3.05) is 0 Å². The van der Waals surface area contributed by atoms with Crippen molar-refractivity contribution < 1.29 is 0 Å². The number of nitrogens with one attached hydrogen (secondary N) is 1. The van der Waals surface area contributed by atoms with Crippen LogP contribution in [0.1, 0.15) is 5.82 Å². The third kappa shape index (κ3) is 2.50. The molecule has 4 nitrogen and oxygen atoms in total. The molecule has 0 aliphatic carbocycles. The van der Waals surface area contributed by atoms with Crippen molar-refractivity contribution in [2.24, 2.45) is 0 Å². The van der Waals surface area contributed by atoms with E-state index in [9.17, 15) is 0 Å². The Bertz CT molecular complexity index is 898. The predicted octanol–water partition coefficient (Wildman–Crippen LogP) is 4.51. The topological polar surface area (TPSA) is 54.5 Å². The van der Waals surface area contributed by atoms with Gasteiger partial charge in [0.15, 0.2) is 5.16 Å². The van der Waals surface area contributed by atoms with Gasteiger partial charge >= 0.3 is 0 Å². The summed E-state index contributed by atoms with van der Waals surface area (Å²) in [5.41, 5.74) is 2.00. The minimum absolute atomic E-state index is 0.515. The monoisotopic (exact) mass is 332 g/mol. The van der Waals surface area contributed by atoms with Gasteiger partial charge in [-0.1, -0.05) is 35.5 Å². The molecule has 4 aromatic rings. The summed E-state index contributed by atoms with van der Waals surface area (Å²) in [4.78, 5) is 17.6. The van der Waals surface area contributed by atoms with Crippen molar-refractivity contribution in [1.29, 1.82) is 0 Å². The maximum atomic E-state index is 6.17. The summed E-state index contributed by atoms with van der Waals surface area (Å²) in [5.74, 6) is 1.35. The summed E-state index contributed by atoms with van der Waals surface area (Å²) in [6.07, 6.45) is 0. The van der Waals surface area contributed by atoms with E-state index in [2.05, 4.69) is 19.9 Å². The molecule has 0 saturated carbocycles. The number of thioether (sulfide) groups is 1. The number of aromatic amines is 1. The molecule has 21 heavy (non-hydrogen) atoms. The smallest absolute Gasteiger partial charge is 0.166 e. The zero-order chi connectivity index (χ0) is 14.2. The number of thiophene rings is 1. The number of halogens is 1. The fourth-order valence-corrected chi connectivity index (χ4v) is 3.88. The lowest BCUT2D eigenvalue weighted by atomic mass is 10.3. The molecule has 0 fully saturated rings. The van der Waals surface area contributed by atoms with Gasteiger partial charge in [0.2, 0.25) is 0 Å². The predicted molar refractivity (Wildman–Crippen MR) is 88.1 cm³/mol. The number of imidazole rings is 1. The van der Waals surface area contributed by atoms with E-state index < -0.39 is 0 Å². The van der Waals surface area contributed by atoms with E-state index in [1.807, 2.05) is 35.7 Å². The molecule has 0 atom stereocenters. The number of aromatic nitrogens is 4. The minimum atomic E-state index is 0.515. The molecule has 0 bridgehead atoms. The second kappa shape index (κ2) is 5.29. The van der Waals surface area contributed by atoms with Crippen LogP contribution in [0.25, 0.3) is 21.3 Å². The fraction of sp³-hybridized carbons (Fsp3) is 0.0714. The van der Waals surface area contributed by atoms with E-state index in [1.54, 1.807) is 23.1 Å². The van der Waals surface area contributed by atoms with Gasteiger partial charge in [-0.2, -0.15) is 0 Å². The standard InChI is InChI=1S/C14H9ClN4S2/c15-12-8-5-6-20-13(8)19-11(18-12)7-21-14-16-9-3-1-2-4-10(9)17-14/h1-6H,7H2,(H,16,17). The van der Waals surface area contributed by atoms with E-state index in [4.69, 9.17) is 11.6 Å². The Labute approximate surface area is 133 Å². The van der Waals surface area contributed by atoms with Gasteiger partial charge < -0.3 is 4.98 Å². The molecule has 3 aromatic heterocycles. The first-order chi connectivity index (χ1) is 10.3. The number of hydrogen-bond acceptors (Lipinski definition) is 5. The number of H-pyrrole nitrogens is 1. The number of nitrogens with zero attached hydrogens (tertiary/aromatic N) is 3. The maximum Gasteiger partial charge on any atom is 0.166 e. The number of para-hydroxylation sites is 2. The lowest BCUT2D eigenvalue weighted by Crippen LogP contribution is -1.93. The van der Waals surface area contributed by atoms with Crippen LogP contribution >= 0.6 is 34.7 Å². The largest absolute Gasteiger partial charge is 0.333 e. The first kappa shape index (κ1) is 13.1. The van der Waals surface area contributed by atoms with Crippen LogP contribution in [-0.2, 0) is 5.75 Å². The molecule has 0 saturated heterocycles. The Morgan fingerprint density at radius 1 is 1.14 bits per heavy atom. The Kier molecular flexibility index (Phi) is 3.29. The first-order valence-corrected chi connectivity index (χ1v) is 8.51. The van der Waals surface area contributed by atoms with E-state index in [-0.39, 0.29) is 0 Å². The highest BCUT2D eigenvalue weighted by atomic mass is 35.5. The highest BCUT2D eigenvalue weighted by Crippen LogP contribution is 2.27. The van der Waals surface area contributed by atoms with Crippen molar-refractivity contribution in [3.05, 3.63) is 46.7 Å². The molecule has 3 heterocycles. The van der Waals surface area contributed by atoms with E-state index in [1.165, 1.54) is 0 Å². The van der Waals surface area contributed by atoms with Crippen LogP contribution in [-0.4, -0.2) is 19.9 Å². The Morgan fingerprint density at radius 3 is 2.95 bits per heavy atom. The van der Waals surface area contributed by atoms with Gasteiger partial charge in [0, 0.05) is 5.39 Å². The van der Waals surface area contributed by atoms with Gasteiger partial charge in [-0.3, -0.25) is 0 Å². The third-order valence-corrected chi connectivity index (χ3v) is 4.99. The van der Waals surface area contributed by atoms with E-state index in [0.29, 0.717) is 10.9 Å². The number of benzene rings is 1. The van der Waals surface area contributed by atoms with Crippen molar-refractivity contribution in [3.63, 3.8) is 0 Å². The molecule has 0 amide bonds. The van der Waals surface area contributed by atoms with Gasteiger partial charge in [-0.25, -0.2) is 15.0 Å². The fourth-order valence-electron chi connectivity index (χ4n) is 2.06. The summed E-state index contributed by atoms with van der Waals surface area (Å²) in [6, 6.07) is 9.91. The van der Waals surface area contributed by atoms with Crippen LogP contribution in [0.15, 0.2) is 40.9 Å². The van der Waals surface area contributed by atoms with E-state index in [0.717, 1.165) is 32.2 Å². The van der Waals surface area contributed by atoms with E-state index >= 15 is 0 Å². The van der Waals surface area contributed by atoms with Crippen LogP contribution < -0.4 is 0 Å². The van der Waals surface area contributed by atoms with Gasteiger partial charge in [-0.05, 0) is 23.6 Å². The Balaban J connectivity index is 1.59. The summed E-state index contributed by atoms with van der Waals surface area (Å²) in [7, 11) is 0. The zero-order valence-electron chi connectivity index (χ0n) is 10.7. The third-order valence-electron chi connectivity index (χ3n) is 3.03. The summed E-state index contributed by atoms with van der Waals surface area (Å²) >= 11 is 9.32. The average Bonchev–Trinajstić information content (AvgIpc) is 3.11. The van der Waals surface area contributed by atoms with Crippen molar-refractivity contribution in [1.82, 2.24) is 19.9 Å². The lowest BCUT2D eigenvalue weighted by Gasteiger charge is -2.00. The minimum Gasteiger partial charge on any atom is -0.333 e. The van der Waals surface area contributed by atoms with Crippen LogP contribution in [0.2, 0.25) is 5.15 Å². The molecule has 0 spiro atoms. The second-order valence-corrected chi connectivity index (χ2v) is 6.63. The summed E-state index contributed by atoms with van der Waals surface area (Å²) < 4.78 is 0. The lowest BCUT2D eigenvalue weighted by molar-refractivity contribution is 1.04. The molecular weight excluding hydrogens is 324 g/mol. The molecule has 0 unspecified atom stereocenters. The van der Waals surface area contributed by atoms with Crippen LogP contribution in [0.4, 0.5) is 0 Å². The second-order valence-electron chi connectivity index (χ2n) is 4.42. The molecule has 7 heteroatoms. The van der Waals surface area contributed by atoms with Crippen LogP contribution in [0, 0.1) is 0 Å². The summed E-state index contributed by atoms with van der Waals surface area (Å²) in [6.45, 7) is 0. The molecule has 1 aromatic carbocycles. The highest BCUT2D eigenvalue weighted by molar-refractivity contribution is 7.98. The molecule has 1 N–H and O–H groups in total. The van der Waals surface area contributed by atoms with Crippen molar-refractivity contribution in [2.45, 2.75) is 10.9 Å². The zero-order valence-corrected chi connectivity index (χ0v) is 13.1. The number of rotatable bonds is 3. The molecule has 104 valence electrons. The summed E-state index contributed by atoms with van der Waals surface area (Å²) in [5, 5.41) is 4.27. The molecule has 0 radical (unpaired) electrons. The van der Waals surface area contributed by atoms with Gasteiger partial charge in [0.05, 0.1) is 16.8 Å². The average molecular weight is 333 g/mol. The number of hydrogen-bond donors (Lipinski definition) is 1.